The highest BCUT2D eigenvalue weighted by molar-refractivity contribution is 6.05. The van der Waals surface area contributed by atoms with E-state index in [4.69, 9.17) is 0 Å². The summed E-state index contributed by atoms with van der Waals surface area (Å²) in [6.45, 7) is 4.50. The van der Waals surface area contributed by atoms with Gasteiger partial charge in [-0.25, -0.2) is 4.39 Å². The first-order valence-corrected chi connectivity index (χ1v) is 12.0. The van der Waals surface area contributed by atoms with Crippen molar-refractivity contribution in [1.82, 2.24) is 15.1 Å². The smallest absolute Gasteiger partial charge is 0.255 e. The molecule has 3 amide bonds. The van der Waals surface area contributed by atoms with Gasteiger partial charge in [0.15, 0.2) is 0 Å². The zero-order valence-electron chi connectivity index (χ0n) is 19.6. The van der Waals surface area contributed by atoms with Gasteiger partial charge in [0.25, 0.3) is 5.91 Å². The molecule has 0 aliphatic carbocycles. The van der Waals surface area contributed by atoms with Crippen LogP contribution in [0.2, 0.25) is 0 Å². The topological polar surface area (TPSA) is 93.5 Å². The molecule has 2 aromatic rings. The van der Waals surface area contributed by atoms with E-state index in [-0.39, 0.29) is 42.9 Å². The van der Waals surface area contributed by atoms with Crippen LogP contribution in [-0.4, -0.2) is 46.7 Å². The Morgan fingerprint density at radius 1 is 1.11 bits per heavy atom. The highest BCUT2D eigenvalue weighted by atomic mass is 19.1. The lowest BCUT2D eigenvalue weighted by Crippen LogP contribution is -2.52. The summed E-state index contributed by atoms with van der Waals surface area (Å²) in [7, 11) is 0. The number of halogens is 1. The van der Waals surface area contributed by atoms with E-state index >= 15 is 4.39 Å². The predicted molar refractivity (Wildman–Crippen MR) is 126 cm³/mol. The Labute approximate surface area is 203 Å². The summed E-state index contributed by atoms with van der Waals surface area (Å²) in [5.41, 5.74) is 4.42. The number of carbonyl (C=O) groups is 3. The SMILES string of the molecule is Cc1ccc(CN2CCC(c3cc4c(cc3F)C(=O)N(C3CCC(=O)NC3=O)C4)CC2)c(C#N)c1. The molecule has 5 rings (SSSR count). The Bertz CT molecular complexity index is 1260. The van der Waals surface area contributed by atoms with Crippen LogP contribution in [0.5, 0.6) is 0 Å². The van der Waals surface area contributed by atoms with Gasteiger partial charge in [0.2, 0.25) is 11.8 Å². The summed E-state index contributed by atoms with van der Waals surface area (Å²) in [5, 5.41) is 11.7. The third-order valence-electron chi connectivity index (χ3n) is 7.45. The molecule has 0 bridgehead atoms. The predicted octanol–water partition coefficient (Wildman–Crippen LogP) is 3.15. The van der Waals surface area contributed by atoms with Crippen molar-refractivity contribution in [3.63, 3.8) is 0 Å². The van der Waals surface area contributed by atoms with Crippen molar-refractivity contribution in [2.75, 3.05) is 13.1 Å². The average Bonchev–Trinajstić information content (AvgIpc) is 3.15. The van der Waals surface area contributed by atoms with E-state index in [1.54, 1.807) is 6.07 Å². The van der Waals surface area contributed by atoms with Gasteiger partial charge in [0.05, 0.1) is 11.6 Å². The number of nitriles is 1. The number of nitrogens with zero attached hydrogens (tertiary/aromatic N) is 3. The number of hydrogen-bond acceptors (Lipinski definition) is 5. The molecule has 0 radical (unpaired) electrons. The summed E-state index contributed by atoms with van der Waals surface area (Å²) in [5.74, 6) is -1.50. The average molecular weight is 475 g/mol. The molecule has 0 spiro atoms. The maximum atomic E-state index is 15.1. The van der Waals surface area contributed by atoms with E-state index in [0.717, 1.165) is 42.6 Å². The van der Waals surface area contributed by atoms with Crippen LogP contribution in [0.15, 0.2) is 30.3 Å². The van der Waals surface area contributed by atoms with Gasteiger partial charge in [-0.05, 0) is 79.6 Å². The molecule has 35 heavy (non-hydrogen) atoms. The molecule has 1 atom stereocenters. The number of benzene rings is 2. The van der Waals surface area contributed by atoms with E-state index in [9.17, 15) is 19.6 Å². The van der Waals surface area contributed by atoms with Crippen LogP contribution >= 0.6 is 0 Å². The first kappa shape index (κ1) is 23.2. The van der Waals surface area contributed by atoms with Crippen molar-refractivity contribution in [2.45, 2.75) is 57.7 Å². The van der Waals surface area contributed by atoms with E-state index in [0.29, 0.717) is 23.2 Å². The fraction of sp³-hybridized carbons (Fsp3) is 0.407. The quantitative estimate of drug-likeness (QED) is 0.688. The van der Waals surface area contributed by atoms with Crippen molar-refractivity contribution in [3.05, 3.63) is 69.5 Å². The fourth-order valence-corrected chi connectivity index (χ4v) is 5.50. The lowest BCUT2D eigenvalue weighted by molar-refractivity contribution is -0.136. The minimum atomic E-state index is -0.706. The van der Waals surface area contributed by atoms with Crippen molar-refractivity contribution >= 4 is 17.7 Å². The third-order valence-corrected chi connectivity index (χ3v) is 7.45. The molecule has 1 N–H and O–H groups in total. The van der Waals surface area contributed by atoms with Crippen LogP contribution < -0.4 is 5.32 Å². The molecule has 2 fully saturated rings. The maximum absolute atomic E-state index is 15.1. The van der Waals surface area contributed by atoms with Gasteiger partial charge >= 0.3 is 0 Å². The van der Waals surface area contributed by atoms with Crippen molar-refractivity contribution in [3.8, 4) is 6.07 Å². The Morgan fingerprint density at radius 2 is 1.89 bits per heavy atom. The van der Waals surface area contributed by atoms with Crippen molar-refractivity contribution < 1.29 is 18.8 Å². The second-order valence-corrected chi connectivity index (χ2v) is 9.75. The second kappa shape index (κ2) is 9.23. The number of fused-ring (bicyclic) bond motifs is 1. The number of imide groups is 1. The van der Waals surface area contributed by atoms with Gasteiger partial charge in [0, 0.05) is 25.1 Å². The summed E-state index contributed by atoms with van der Waals surface area (Å²) >= 11 is 0. The van der Waals surface area contributed by atoms with Gasteiger partial charge < -0.3 is 4.90 Å². The molecule has 3 heterocycles. The van der Waals surface area contributed by atoms with Crippen LogP contribution in [0.25, 0.3) is 0 Å². The Morgan fingerprint density at radius 3 is 2.60 bits per heavy atom. The van der Waals surface area contributed by atoms with Crippen LogP contribution in [0.4, 0.5) is 4.39 Å². The zero-order chi connectivity index (χ0) is 24.7. The molecular formula is C27H27FN4O3. The van der Waals surface area contributed by atoms with Crippen molar-refractivity contribution in [2.24, 2.45) is 0 Å². The fourth-order valence-electron chi connectivity index (χ4n) is 5.50. The monoisotopic (exact) mass is 474 g/mol. The Kier molecular flexibility index (Phi) is 6.12. The maximum Gasteiger partial charge on any atom is 0.255 e. The van der Waals surface area contributed by atoms with E-state index in [2.05, 4.69) is 16.3 Å². The normalized spacial score (nSPS) is 21.1. The minimum Gasteiger partial charge on any atom is -0.322 e. The van der Waals surface area contributed by atoms with Gasteiger partial charge in [-0.15, -0.1) is 0 Å². The van der Waals surface area contributed by atoms with Gasteiger partial charge in [-0.3, -0.25) is 24.6 Å². The lowest BCUT2D eigenvalue weighted by atomic mass is 9.87. The molecule has 8 heteroatoms. The standard InChI is InChI=1S/C27H27FN4O3/c1-16-2-3-18(19(10-16)13-29)14-31-8-6-17(7-9-31)21-11-20-15-32(27(35)22(20)12-23(21)28)24-4-5-25(33)30-26(24)34/h2-3,10-12,17,24H,4-9,14-15H2,1H3,(H,30,33,34). The number of aryl methyl sites for hydroxylation is 1. The second-order valence-electron chi connectivity index (χ2n) is 9.75. The van der Waals surface area contributed by atoms with Crippen molar-refractivity contribution in [1.29, 1.82) is 5.26 Å². The minimum absolute atomic E-state index is 0.0461. The van der Waals surface area contributed by atoms with Crippen LogP contribution in [0, 0.1) is 24.1 Å². The summed E-state index contributed by atoms with van der Waals surface area (Å²) in [6, 6.07) is 10.6. The molecule has 0 aromatic heterocycles. The Balaban J connectivity index is 1.27. The van der Waals surface area contributed by atoms with Crippen LogP contribution in [0.3, 0.4) is 0 Å². The Hall–Kier alpha value is -3.57. The number of hydrogen-bond donors (Lipinski definition) is 1. The molecular weight excluding hydrogens is 447 g/mol. The summed E-state index contributed by atoms with van der Waals surface area (Å²) in [6.07, 6.45) is 2.04. The molecule has 3 aliphatic heterocycles. The highest BCUT2D eigenvalue weighted by Gasteiger charge is 2.40. The molecule has 7 nitrogen and oxygen atoms in total. The summed E-state index contributed by atoms with van der Waals surface area (Å²) in [4.78, 5) is 40.4. The number of carbonyl (C=O) groups excluding carboxylic acids is 3. The molecule has 1 unspecified atom stereocenters. The first-order chi connectivity index (χ1) is 16.8. The number of nitrogens with one attached hydrogen (secondary N) is 1. The van der Waals surface area contributed by atoms with Gasteiger partial charge in [0.1, 0.15) is 11.9 Å². The molecule has 180 valence electrons. The summed E-state index contributed by atoms with van der Waals surface area (Å²) < 4.78 is 15.1. The highest BCUT2D eigenvalue weighted by Crippen LogP contribution is 2.35. The molecule has 2 aromatic carbocycles. The van der Waals surface area contributed by atoms with E-state index < -0.39 is 11.9 Å². The third kappa shape index (κ3) is 4.44. The molecule has 2 saturated heterocycles. The number of amides is 3. The lowest BCUT2D eigenvalue weighted by Gasteiger charge is -2.32. The van der Waals surface area contributed by atoms with Crippen LogP contribution in [0.1, 0.15) is 69.8 Å². The molecule has 0 saturated carbocycles. The van der Waals surface area contributed by atoms with E-state index in [1.165, 1.54) is 11.0 Å². The number of piperidine rings is 2. The van der Waals surface area contributed by atoms with E-state index in [1.807, 2.05) is 25.1 Å². The first-order valence-electron chi connectivity index (χ1n) is 12.0. The molecule has 3 aliphatic rings. The largest absolute Gasteiger partial charge is 0.322 e. The zero-order valence-corrected chi connectivity index (χ0v) is 19.6. The van der Waals surface area contributed by atoms with Gasteiger partial charge in [-0.2, -0.15) is 5.26 Å². The van der Waals surface area contributed by atoms with Gasteiger partial charge in [-0.1, -0.05) is 18.2 Å². The van der Waals surface area contributed by atoms with Crippen LogP contribution in [-0.2, 0) is 22.7 Å². The number of likely N-dealkylation sites (tertiary alicyclic amines) is 1. The number of rotatable bonds is 4.